The first kappa shape index (κ1) is 13.7. The molecule has 0 fully saturated rings. The Morgan fingerprint density at radius 1 is 1.35 bits per heavy atom. The van der Waals surface area contributed by atoms with E-state index < -0.39 is 11.9 Å². The van der Waals surface area contributed by atoms with Crippen LogP contribution in [0.4, 0.5) is 0 Å². The van der Waals surface area contributed by atoms with Gasteiger partial charge in [-0.15, -0.1) is 11.8 Å². The summed E-state index contributed by atoms with van der Waals surface area (Å²) in [4.78, 5) is 11.9. The molecule has 0 heterocycles. The van der Waals surface area contributed by atoms with E-state index in [-0.39, 0.29) is 0 Å². The molecule has 1 aromatic carbocycles. The third-order valence-electron chi connectivity index (χ3n) is 2.55. The third-order valence-corrected chi connectivity index (χ3v) is 3.30. The van der Waals surface area contributed by atoms with Gasteiger partial charge in [-0.3, -0.25) is 4.79 Å². The second kappa shape index (κ2) is 5.82. The van der Waals surface area contributed by atoms with Gasteiger partial charge in [-0.25, -0.2) is 0 Å². The van der Waals surface area contributed by atoms with Crippen molar-refractivity contribution in [2.75, 3.05) is 20.5 Å². The van der Waals surface area contributed by atoms with Gasteiger partial charge in [0.05, 0.1) is 25.0 Å². The third kappa shape index (κ3) is 2.85. The maximum atomic E-state index is 11.1. The lowest BCUT2D eigenvalue weighted by Gasteiger charge is -2.16. The molecule has 0 radical (unpaired) electrons. The maximum absolute atomic E-state index is 11.1. The lowest BCUT2D eigenvalue weighted by Crippen LogP contribution is -2.09. The Kier molecular flexibility index (Phi) is 4.69. The van der Waals surface area contributed by atoms with E-state index in [9.17, 15) is 4.79 Å². The fourth-order valence-electron chi connectivity index (χ4n) is 1.54. The number of rotatable bonds is 5. The van der Waals surface area contributed by atoms with Crippen molar-refractivity contribution in [3.63, 3.8) is 0 Å². The van der Waals surface area contributed by atoms with Gasteiger partial charge in [0.2, 0.25) is 0 Å². The van der Waals surface area contributed by atoms with Crippen LogP contribution in [0, 0.1) is 0 Å². The number of thioether (sulfide) groups is 1. The summed E-state index contributed by atoms with van der Waals surface area (Å²) in [5.74, 6) is -0.277. The zero-order chi connectivity index (χ0) is 13.0. The number of benzene rings is 1. The Bertz CT molecular complexity index is 417. The van der Waals surface area contributed by atoms with Gasteiger partial charge in [0, 0.05) is 5.56 Å². The second-order valence-corrected chi connectivity index (χ2v) is 4.36. The zero-order valence-electron chi connectivity index (χ0n) is 10.3. The van der Waals surface area contributed by atoms with E-state index in [0.29, 0.717) is 17.1 Å². The number of hydrogen-bond acceptors (Lipinski definition) is 4. The normalized spacial score (nSPS) is 12.0. The van der Waals surface area contributed by atoms with E-state index in [0.717, 1.165) is 4.90 Å². The van der Waals surface area contributed by atoms with Gasteiger partial charge in [0.25, 0.3) is 0 Å². The van der Waals surface area contributed by atoms with E-state index in [1.54, 1.807) is 27.2 Å². The van der Waals surface area contributed by atoms with Crippen LogP contribution in [0.25, 0.3) is 0 Å². The average Bonchev–Trinajstić information content (AvgIpc) is 2.35. The van der Waals surface area contributed by atoms with Crippen LogP contribution in [0.3, 0.4) is 0 Å². The number of aliphatic carboxylic acids is 1. The van der Waals surface area contributed by atoms with Crippen molar-refractivity contribution in [2.24, 2.45) is 0 Å². The molecule has 0 saturated heterocycles. The SMILES string of the molecule is COc1cc(SC)c(OC)c(C(C)C(=O)O)c1. The van der Waals surface area contributed by atoms with E-state index in [2.05, 4.69) is 0 Å². The Balaban J connectivity index is 3.38. The number of methoxy groups -OCH3 is 2. The predicted molar refractivity (Wildman–Crippen MR) is 67.4 cm³/mol. The molecule has 17 heavy (non-hydrogen) atoms. The molecule has 0 aliphatic carbocycles. The first-order valence-electron chi connectivity index (χ1n) is 5.07. The Labute approximate surface area is 105 Å². The fourth-order valence-corrected chi connectivity index (χ4v) is 2.16. The Morgan fingerprint density at radius 3 is 2.41 bits per heavy atom. The van der Waals surface area contributed by atoms with Crippen LogP contribution in [-0.4, -0.2) is 31.6 Å². The highest BCUT2D eigenvalue weighted by molar-refractivity contribution is 7.98. The molecule has 0 amide bonds. The fraction of sp³-hybridized carbons (Fsp3) is 0.417. The summed E-state index contributed by atoms with van der Waals surface area (Å²) in [5, 5.41) is 9.08. The minimum Gasteiger partial charge on any atom is -0.497 e. The first-order chi connectivity index (χ1) is 8.04. The van der Waals surface area contributed by atoms with Gasteiger partial charge in [0.15, 0.2) is 0 Å². The largest absolute Gasteiger partial charge is 0.497 e. The number of hydrogen-bond donors (Lipinski definition) is 1. The van der Waals surface area contributed by atoms with Crippen molar-refractivity contribution in [1.29, 1.82) is 0 Å². The second-order valence-electron chi connectivity index (χ2n) is 3.51. The van der Waals surface area contributed by atoms with E-state index >= 15 is 0 Å². The van der Waals surface area contributed by atoms with Gasteiger partial charge in [0.1, 0.15) is 11.5 Å². The van der Waals surface area contributed by atoms with Crippen LogP contribution in [-0.2, 0) is 4.79 Å². The molecular formula is C12H16O4S. The molecule has 1 atom stereocenters. The Morgan fingerprint density at radius 2 is 2.00 bits per heavy atom. The smallest absolute Gasteiger partial charge is 0.310 e. The van der Waals surface area contributed by atoms with Crippen LogP contribution in [0.15, 0.2) is 17.0 Å². The van der Waals surface area contributed by atoms with E-state index in [1.807, 2.05) is 12.3 Å². The summed E-state index contributed by atoms with van der Waals surface area (Å²) in [7, 11) is 3.10. The van der Waals surface area contributed by atoms with Crippen LogP contribution in [0.2, 0.25) is 0 Å². The first-order valence-corrected chi connectivity index (χ1v) is 6.30. The van der Waals surface area contributed by atoms with Crippen molar-refractivity contribution in [3.8, 4) is 11.5 Å². The molecule has 5 heteroatoms. The highest BCUT2D eigenvalue weighted by atomic mass is 32.2. The standard InChI is InChI=1S/C12H16O4S/c1-7(12(13)14)9-5-8(15-2)6-10(17-4)11(9)16-3/h5-7H,1-4H3,(H,13,14). The van der Waals surface area contributed by atoms with Crippen molar-refractivity contribution < 1.29 is 19.4 Å². The quantitative estimate of drug-likeness (QED) is 0.821. The molecule has 4 nitrogen and oxygen atoms in total. The van der Waals surface area contributed by atoms with E-state index in [4.69, 9.17) is 14.6 Å². The average molecular weight is 256 g/mol. The monoisotopic (exact) mass is 256 g/mol. The molecule has 0 saturated carbocycles. The molecule has 1 aromatic rings. The predicted octanol–water partition coefficient (Wildman–Crippen LogP) is 2.61. The molecule has 0 bridgehead atoms. The number of carbonyl (C=O) groups is 1. The summed E-state index contributed by atoms with van der Waals surface area (Å²) < 4.78 is 10.5. The number of carboxylic acids is 1. The van der Waals surface area contributed by atoms with Crippen LogP contribution in [0.5, 0.6) is 11.5 Å². The number of carboxylic acid groups (broad SMARTS) is 1. The summed E-state index contributed by atoms with van der Waals surface area (Å²) in [6.45, 7) is 1.63. The van der Waals surface area contributed by atoms with Gasteiger partial charge in [-0.2, -0.15) is 0 Å². The molecular weight excluding hydrogens is 240 g/mol. The van der Waals surface area contributed by atoms with Gasteiger partial charge < -0.3 is 14.6 Å². The minimum atomic E-state index is -0.886. The highest BCUT2D eigenvalue weighted by Gasteiger charge is 2.21. The number of ether oxygens (including phenoxy) is 2. The van der Waals surface area contributed by atoms with Gasteiger partial charge in [-0.05, 0) is 25.3 Å². The molecule has 0 aliphatic rings. The van der Waals surface area contributed by atoms with Crippen LogP contribution >= 0.6 is 11.8 Å². The Hall–Kier alpha value is -1.36. The summed E-state index contributed by atoms with van der Waals surface area (Å²) >= 11 is 1.49. The lowest BCUT2D eigenvalue weighted by atomic mass is 10.00. The molecule has 1 unspecified atom stereocenters. The van der Waals surface area contributed by atoms with Crippen molar-refractivity contribution >= 4 is 17.7 Å². The van der Waals surface area contributed by atoms with E-state index in [1.165, 1.54) is 11.8 Å². The molecule has 94 valence electrons. The summed E-state index contributed by atoms with van der Waals surface area (Å²) in [5.41, 5.74) is 0.628. The maximum Gasteiger partial charge on any atom is 0.310 e. The zero-order valence-corrected chi connectivity index (χ0v) is 11.1. The molecule has 1 N–H and O–H groups in total. The molecule has 0 aliphatic heterocycles. The van der Waals surface area contributed by atoms with Gasteiger partial charge >= 0.3 is 5.97 Å². The minimum absolute atomic E-state index is 0.605. The van der Waals surface area contributed by atoms with Crippen molar-refractivity contribution in [3.05, 3.63) is 17.7 Å². The van der Waals surface area contributed by atoms with Gasteiger partial charge in [-0.1, -0.05) is 0 Å². The summed E-state index contributed by atoms with van der Waals surface area (Å²) in [6.07, 6.45) is 1.91. The van der Waals surface area contributed by atoms with Crippen molar-refractivity contribution in [2.45, 2.75) is 17.7 Å². The van der Waals surface area contributed by atoms with Crippen LogP contribution < -0.4 is 9.47 Å². The topological polar surface area (TPSA) is 55.8 Å². The molecule has 0 aromatic heterocycles. The molecule has 1 rings (SSSR count). The van der Waals surface area contributed by atoms with Crippen LogP contribution in [0.1, 0.15) is 18.4 Å². The van der Waals surface area contributed by atoms with Crippen molar-refractivity contribution in [1.82, 2.24) is 0 Å². The highest BCUT2D eigenvalue weighted by Crippen LogP contribution is 2.38. The molecule has 0 spiro atoms. The summed E-state index contributed by atoms with van der Waals surface area (Å²) in [6, 6.07) is 3.54. The lowest BCUT2D eigenvalue weighted by molar-refractivity contribution is -0.138.